The van der Waals surface area contributed by atoms with Gasteiger partial charge in [-0.05, 0) is 37.5 Å². The van der Waals surface area contributed by atoms with E-state index in [0.29, 0.717) is 17.9 Å². The van der Waals surface area contributed by atoms with E-state index < -0.39 is 0 Å². The molecule has 3 N–H and O–H groups in total. The molecular weight excluding hydrogens is 216 g/mol. The van der Waals surface area contributed by atoms with Crippen LogP contribution < -0.4 is 10.5 Å². The Morgan fingerprint density at radius 2 is 2.41 bits per heavy atom. The molecule has 4 nitrogen and oxygen atoms in total. The number of hydrogen-bond acceptors (Lipinski definition) is 3. The molecule has 92 valence electrons. The van der Waals surface area contributed by atoms with Crippen LogP contribution in [0.3, 0.4) is 0 Å². The van der Waals surface area contributed by atoms with Crippen LogP contribution in [0.15, 0.2) is 18.2 Å². The van der Waals surface area contributed by atoms with Crippen molar-refractivity contribution >= 4 is 5.84 Å². The maximum atomic E-state index is 7.50. The normalized spacial score (nSPS) is 19.2. The van der Waals surface area contributed by atoms with Gasteiger partial charge in [-0.3, -0.25) is 5.41 Å². The maximum absolute atomic E-state index is 7.50. The quantitative estimate of drug-likeness (QED) is 0.617. The Hall–Kier alpha value is -1.55. The Labute approximate surface area is 101 Å². The second kappa shape index (κ2) is 5.19. The van der Waals surface area contributed by atoms with Crippen LogP contribution in [0.5, 0.6) is 5.75 Å². The van der Waals surface area contributed by atoms with Gasteiger partial charge >= 0.3 is 0 Å². The largest absolute Gasteiger partial charge is 0.490 e. The Balaban J connectivity index is 2.07. The molecule has 0 aliphatic carbocycles. The van der Waals surface area contributed by atoms with E-state index in [0.717, 1.165) is 25.0 Å². The second-order valence-electron chi connectivity index (χ2n) is 4.36. The second-order valence-corrected chi connectivity index (χ2v) is 4.36. The fourth-order valence-electron chi connectivity index (χ4n) is 1.93. The zero-order valence-electron chi connectivity index (χ0n) is 10.0. The minimum atomic E-state index is 0.0346. The van der Waals surface area contributed by atoms with Gasteiger partial charge in [0.15, 0.2) is 0 Å². The summed E-state index contributed by atoms with van der Waals surface area (Å²) in [6.07, 6.45) is 2.32. The van der Waals surface area contributed by atoms with E-state index in [1.165, 1.54) is 0 Å². The highest BCUT2D eigenvalue weighted by atomic mass is 16.5. The fourth-order valence-corrected chi connectivity index (χ4v) is 1.93. The molecule has 1 fully saturated rings. The number of rotatable bonds is 4. The summed E-state index contributed by atoms with van der Waals surface area (Å²) in [4.78, 5) is 0. The molecule has 1 atom stereocenters. The monoisotopic (exact) mass is 234 g/mol. The molecule has 1 saturated heterocycles. The number of nitrogens with two attached hydrogens (primary N) is 1. The number of nitrogens with one attached hydrogen (secondary N) is 1. The lowest BCUT2D eigenvalue weighted by molar-refractivity contribution is 0.0679. The minimum Gasteiger partial charge on any atom is -0.490 e. The van der Waals surface area contributed by atoms with Crippen molar-refractivity contribution in [2.75, 3.05) is 13.2 Å². The van der Waals surface area contributed by atoms with E-state index in [4.69, 9.17) is 20.6 Å². The molecule has 1 aromatic carbocycles. The number of ether oxygens (including phenoxy) is 2. The van der Waals surface area contributed by atoms with Crippen LogP contribution in [0.4, 0.5) is 0 Å². The summed E-state index contributed by atoms with van der Waals surface area (Å²) in [7, 11) is 0. The van der Waals surface area contributed by atoms with Crippen LogP contribution >= 0.6 is 0 Å². The molecule has 1 unspecified atom stereocenters. The van der Waals surface area contributed by atoms with Crippen molar-refractivity contribution in [2.45, 2.75) is 25.9 Å². The minimum absolute atomic E-state index is 0.0346. The van der Waals surface area contributed by atoms with E-state index in [-0.39, 0.29) is 11.9 Å². The van der Waals surface area contributed by atoms with Gasteiger partial charge in [-0.1, -0.05) is 6.07 Å². The van der Waals surface area contributed by atoms with Gasteiger partial charge in [0, 0.05) is 6.61 Å². The molecule has 0 bridgehead atoms. The van der Waals surface area contributed by atoms with Crippen LogP contribution in [-0.4, -0.2) is 25.2 Å². The molecule has 0 radical (unpaired) electrons. The Bertz CT molecular complexity index is 412. The van der Waals surface area contributed by atoms with Crippen molar-refractivity contribution in [1.82, 2.24) is 0 Å². The van der Waals surface area contributed by atoms with Gasteiger partial charge in [0.2, 0.25) is 0 Å². The van der Waals surface area contributed by atoms with Crippen LogP contribution in [-0.2, 0) is 4.74 Å². The molecular formula is C13H18N2O2. The zero-order chi connectivity index (χ0) is 12.3. The number of amidine groups is 1. The van der Waals surface area contributed by atoms with Crippen LogP contribution in [0.1, 0.15) is 24.0 Å². The van der Waals surface area contributed by atoms with Crippen molar-refractivity contribution in [3.63, 3.8) is 0 Å². The van der Waals surface area contributed by atoms with Crippen molar-refractivity contribution < 1.29 is 9.47 Å². The van der Waals surface area contributed by atoms with Gasteiger partial charge < -0.3 is 15.2 Å². The summed E-state index contributed by atoms with van der Waals surface area (Å²) in [6, 6.07) is 5.66. The third kappa shape index (κ3) is 2.97. The summed E-state index contributed by atoms with van der Waals surface area (Å²) in [6.45, 7) is 3.34. The van der Waals surface area contributed by atoms with E-state index in [9.17, 15) is 0 Å². The summed E-state index contributed by atoms with van der Waals surface area (Å²) < 4.78 is 11.2. The fraction of sp³-hybridized carbons (Fsp3) is 0.462. The number of benzene rings is 1. The predicted octanol–water partition coefficient (Wildman–Crippen LogP) is 1.84. The number of hydrogen-bond donors (Lipinski definition) is 2. The molecule has 1 aliphatic rings. The summed E-state index contributed by atoms with van der Waals surface area (Å²) in [5, 5.41) is 7.50. The standard InChI is InChI=1S/C13H18N2O2/c1-9-4-5-11(13(14)15)12(7-9)17-8-10-3-2-6-16-10/h4-5,7,10H,2-3,6,8H2,1H3,(H3,14,15). The van der Waals surface area contributed by atoms with Gasteiger partial charge in [-0.2, -0.15) is 0 Å². The molecule has 17 heavy (non-hydrogen) atoms. The SMILES string of the molecule is Cc1ccc(C(=N)N)c(OCC2CCCO2)c1. The van der Waals surface area contributed by atoms with Crippen molar-refractivity contribution in [3.8, 4) is 5.75 Å². The topological polar surface area (TPSA) is 68.3 Å². The Morgan fingerprint density at radius 3 is 3.06 bits per heavy atom. The van der Waals surface area contributed by atoms with Gasteiger partial charge in [-0.15, -0.1) is 0 Å². The van der Waals surface area contributed by atoms with Crippen LogP contribution in [0.25, 0.3) is 0 Å². The lowest BCUT2D eigenvalue weighted by atomic mass is 10.1. The zero-order valence-corrected chi connectivity index (χ0v) is 10.0. The summed E-state index contributed by atoms with van der Waals surface area (Å²) in [5.41, 5.74) is 7.26. The highest BCUT2D eigenvalue weighted by molar-refractivity contribution is 5.97. The third-order valence-corrected chi connectivity index (χ3v) is 2.88. The summed E-state index contributed by atoms with van der Waals surface area (Å²) in [5.74, 6) is 0.709. The average molecular weight is 234 g/mol. The molecule has 0 spiro atoms. The van der Waals surface area contributed by atoms with Crippen molar-refractivity contribution in [2.24, 2.45) is 5.73 Å². The average Bonchev–Trinajstić information content (AvgIpc) is 2.78. The van der Waals surface area contributed by atoms with Gasteiger partial charge in [0.25, 0.3) is 0 Å². The molecule has 1 aromatic rings. The van der Waals surface area contributed by atoms with E-state index in [1.807, 2.05) is 25.1 Å². The molecule has 4 heteroatoms. The van der Waals surface area contributed by atoms with Crippen molar-refractivity contribution in [3.05, 3.63) is 29.3 Å². The van der Waals surface area contributed by atoms with Gasteiger partial charge in [0.05, 0.1) is 11.7 Å². The first-order chi connectivity index (χ1) is 8.16. The summed E-state index contributed by atoms with van der Waals surface area (Å²) >= 11 is 0. The molecule has 0 amide bonds. The maximum Gasteiger partial charge on any atom is 0.130 e. The first kappa shape index (κ1) is 11.9. The van der Waals surface area contributed by atoms with Crippen molar-refractivity contribution in [1.29, 1.82) is 5.41 Å². The number of nitrogen functional groups attached to an aromatic ring is 1. The third-order valence-electron chi connectivity index (χ3n) is 2.88. The Morgan fingerprint density at radius 1 is 1.59 bits per heavy atom. The van der Waals surface area contributed by atoms with E-state index >= 15 is 0 Å². The molecule has 0 saturated carbocycles. The van der Waals surface area contributed by atoms with Crippen LogP contribution in [0.2, 0.25) is 0 Å². The van der Waals surface area contributed by atoms with Gasteiger partial charge in [-0.25, -0.2) is 0 Å². The molecule has 1 aliphatic heterocycles. The molecule has 2 rings (SSSR count). The van der Waals surface area contributed by atoms with Gasteiger partial charge in [0.1, 0.15) is 18.2 Å². The first-order valence-electron chi connectivity index (χ1n) is 5.86. The predicted molar refractivity (Wildman–Crippen MR) is 66.7 cm³/mol. The Kier molecular flexibility index (Phi) is 3.64. The molecule has 0 aromatic heterocycles. The van der Waals surface area contributed by atoms with E-state index in [2.05, 4.69) is 0 Å². The first-order valence-corrected chi connectivity index (χ1v) is 5.86. The molecule has 1 heterocycles. The highest BCUT2D eigenvalue weighted by Gasteiger charge is 2.17. The lowest BCUT2D eigenvalue weighted by Crippen LogP contribution is -2.19. The number of aryl methyl sites for hydroxylation is 1. The van der Waals surface area contributed by atoms with E-state index in [1.54, 1.807) is 0 Å². The lowest BCUT2D eigenvalue weighted by Gasteiger charge is -2.14. The smallest absolute Gasteiger partial charge is 0.130 e. The van der Waals surface area contributed by atoms with Crippen LogP contribution in [0, 0.1) is 12.3 Å². The highest BCUT2D eigenvalue weighted by Crippen LogP contribution is 2.21.